The SMILES string of the molecule is COC(=O)[C@@H]1C[C@H]2CCCC[C@@H]2N1S(=O)(=O)c1cc(C)ccc1C. The normalized spacial score (nSPS) is 27.7. The first kappa shape index (κ1) is 17.4. The van der Waals surface area contributed by atoms with Gasteiger partial charge in [0.15, 0.2) is 0 Å². The van der Waals surface area contributed by atoms with Gasteiger partial charge in [-0.15, -0.1) is 0 Å². The molecule has 0 unspecified atom stereocenters. The van der Waals surface area contributed by atoms with E-state index in [1.165, 1.54) is 11.4 Å². The van der Waals surface area contributed by atoms with Crippen LogP contribution in [0.15, 0.2) is 23.1 Å². The number of fused-ring (bicyclic) bond motifs is 1. The van der Waals surface area contributed by atoms with Gasteiger partial charge in [-0.05, 0) is 56.2 Å². The second kappa shape index (κ2) is 6.48. The summed E-state index contributed by atoms with van der Waals surface area (Å²) in [6.45, 7) is 3.68. The van der Waals surface area contributed by atoms with Crippen molar-refractivity contribution in [3.05, 3.63) is 29.3 Å². The molecule has 3 rings (SSSR count). The molecule has 1 aromatic carbocycles. The van der Waals surface area contributed by atoms with Gasteiger partial charge in [-0.1, -0.05) is 25.0 Å². The van der Waals surface area contributed by atoms with Gasteiger partial charge in [0.05, 0.1) is 12.0 Å². The average molecular weight is 351 g/mol. The minimum absolute atomic E-state index is 0.0900. The highest BCUT2D eigenvalue weighted by Gasteiger charge is 2.51. The molecule has 0 N–H and O–H groups in total. The van der Waals surface area contributed by atoms with Gasteiger partial charge >= 0.3 is 5.97 Å². The molecule has 0 bridgehead atoms. The number of nitrogens with zero attached hydrogens (tertiary/aromatic N) is 1. The van der Waals surface area contributed by atoms with E-state index in [0.29, 0.717) is 16.9 Å². The molecule has 2 aliphatic rings. The van der Waals surface area contributed by atoms with Gasteiger partial charge in [0, 0.05) is 6.04 Å². The van der Waals surface area contributed by atoms with Crippen molar-refractivity contribution in [1.82, 2.24) is 4.31 Å². The molecule has 3 atom stereocenters. The van der Waals surface area contributed by atoms with Gasteiger partial charge in [0.2, 0.25) is 10.0 Å². The van der Waals surface area contributed by atoms with E-state index in [0.717, 1.165) is 31.2 Å². The zero-order valence-electron chi connectivity index (χ0n) is 14.5. The van der Waals surface area contributed by atoms with E-state index in [1.54, 1.807) is 13.0 Å². The number of methoxy groups -OCH3 is 1. The van der Waals surface area contributed by atoms with E-state index >= 15 is 0 Å². The summed E-state index contributed by atoms with van der Waals surface area (Å²) < 4.78 is 33.2. The van der Waals surface area contributed by atoms with Crippen LogP contribution in [0, 0.1) is 19.8 Å². The van der Waals surface area contributed by atoms with E-state index in [1.807, 2.05) is 19.1 Å². The molecular weight excluding hydrogens is 326 g/mol. The van der Waals surface area contributed by atoms with E-state index < -0.39 is 22.0 Å². The third-order valence-corrected chi connectivity index (χ3v) is 7.48. The number of aryl methyl sites for hydroxylation is 2. The Morgan fingerprint density at radius 1 is 1.21 bits per heavy atom. The van der Waals surface area contributed by atoms with Crippen LogP contribution in [0.5, 0.6) is 0 Å². The van der Waals surface area contributed by atoms with Crippen molar-refractivity contribution in [2.45, 2.75) is 62.9 Å². The number of ether oxygens (including phenoxy) is 1. The topological polar surface area (TPSA) is 63.7 Å². The zero-order chi connectivity index (χ0) is 17.5. The van der Waals surface area contributed by atoms with Crippen molar-refractivity contribution in [1.29, 1.82) is 0 Å². The third-order valence-electron chi connectivity index (χ3n) is 5.40. The van der Waals surface area contributed by atoms with E-state index in [9.17, 15) is 13.2 Å². The van der Waals surface area contributed by atoms with Gasteiger partial charge in [-0.3, -0.25) is 4.79 Å². The van der Waals surface area contributed by atoms with Crippen LogP contribution in [-0.2, 0) is 19.6 Å². The molecule has 1 aliphatic heterocycles. The van der Waals surface area contributed by atoms with Gasteiger partial charge in [0.1, 0.15) is 6.04 Å². The summed E-state index contributed by atoms with van der Waals surface area (Å²) in [5.41, 5.74) is 1.61. The second-order valence-corrected chi connectivity index (χ2v) is 8.80. The maximum absolute atomic E-state index is 13.4. The van der Waals surface area contributed by atoms with Crippen LogP contribution >= 0.6 is 0 Å². The highest BCUT2D eigenvalue weighted by molar-refractivity contribution is 7.89. The maximum atomic E-state index is 13.4. The van der Waals surface area contributed by atoms with Crippen molar-refractivity contribution < 1.29 is 17.9 Å². The lowest BCUT2D eigenvalue weighted by atomic mass is 9.85. The van der Waals surface area contributed by atoms with Crippen molar-refractivity contribution in [3.8, 4) is 0 Å². The number of hydrogen-bond acceptors (Lipinski definition) is 4. The summed E-state index contributed by atoms with van der Waals surface area (Å²) >= 11 is 0. The predicted octanol–water partition coefficient (Wildman–Crippen LogP) is 2.80. The standard InChI is InChI=1S/C18H25NO4S/c1-12-8-9-13(2)17(10-12)24(21,22)19-15-7-5-4-6-14(15)11-16(19)18(20)23-3/h8-10,14-16H,4-7,11H2,1-3H3/t14-,15+,16+/m1/s1. The van der Waals surface area contributed by atoms with Crippen molar-refractivity contribution in [2.24, 2.45) is 5.92 Å². The summed E-state index contributed by atoms with van der Waals surface area (Å²) in [6, 6.07) is 4.64. The number of carbonyl (C=O) groups excluding carboxylic acids is 1. The van der Waals surface area contributed by atoms with E-state index in [4.69, 9.17) is 4.74 Å². The first-order valence-electron chi connectivity index (χ1n) is 8.55. The number of esters is 1. The first-order valence-corrected chi connectivity index (χ1v) is 9.99. The molecule has 0 spiro atoms. The molecule has 0 amide bonds. The molecule has 1 saturated heterocycles. The molecule has 1 aromatic rings. The Balaban J connectivity index is 2.08. The molecule has 2 fully saturated rings. The predicted molar refractivity (Wildman–Crippen MR) is 91.1 cm³/mol. The van der Waals surface area contributed by atoms with Gasteiger partial charge in [-0.25, -0.2) is 8.42 Å². The Morgan fingerprint density at radius 2 is 1.92 bits per heavy atom. The molecular formula is C18H25NO4S. The minimum Gasteiger partial charge on any atom is -0.468 e. The lowest BCUT2D eigenvalue weighted by molar-refractivity contribution is -0.144. The van der Waals surface area contributed by atoms with Crippen molar-refractivity contribution >= 4 is 16.0 Å². The monoisotopic (exact) mass is 351 g/mol. The van der Waals surface area contributed by atoms with Gasteiger partial charge < -0.3 is 4.74 Å². The highest BCUT2D eigenvalue weighted by Crippen LogP contribution is 2.43. The summed E-state index contributed by atoms with van der Waals surface area (Å²) in [5.74, 6) is -0.193. The van der Waals surface area contributed by atoms with Crippen LogP contribution in [0.3, 0.4) is 0 Å². The Labute approximate surface area is 144 Å². The van der Waals surface area contributed by atoms with Gasteiger partial charge in [-0.2, -0.15) is 4.31 Å². The second-order valence-electron chi connectivity index (χ2n) is 6.99. The fraction of sp³-hybridized carbons (Fsp3) is 0.611. The van der Waals surface area contributed by atoms with E-state index in [-0.39, 0.29) is 12.0 Å². The van der Waals surface area contributed by atoms with Crippen LogP contribution < -0.4 is 0 Å². The Morgan fingerprint density at radius 3 is 2.62 bits per heavy atom. The molecule has 1 aliphatic carbocycles. The number of rotatable bonds is 3. The lowest BCUT2D eigenvalue weighted by Gasteiger charge is -2.32. The molecule has 5 nitrogen and oxygen atoms in total. The van der Waals surface area contributed by atoms with E-state index in [2.05, 4.69) is 0 Å². The Kier molecular flexibility index (Phi) is 4.71. The fourth-order valence-corrected chi connectivity index (χ4v) is 6.38. The Hall–Kier alpha value is -1.40. The summed E-state index contributed by atoms with van der Waals surface area (Å²) in [6.07, 6.45) is 4.49. The first-order chi connectivity index (χ1) is 11.4. The highest BCUT2D eigenvalue weighted by atomic mass is 32.2. The summed E-state index contributed by atoms with van der Waals surface area (Å²) in [5, 5.41) is 0. The number of benzene rings is 1. The van der Waals surface area contributed by atoms with Crippen LogP contribution in [-0.4, -0.2) is 37.9 Å². The molecule has 6 heteroatoms. The largest absolute Gasteiger partial charge is 0.468 e. The number of carbonyl (C=O) groups is 1. The quantitative estimate of drug-likeness (QED) is 0.786. The summed E-state index contributed by atoms with van der Waals surface area (Å²) in [7, 11) is -2.41. The number of hydrogen-bond donors (Lipinski definition) is 0. The van der Waals surface area contributed by atoms with Crippen LogP contribution in [0.25, 0.3) is 0 Å². The van der Waals surface area contributed by atoms with Crippen LogP contribution in [0.2, 0.25) is 0 Å². The maximum Gasteiger partial charge on any atom is 0.324 e. The number of sulfonamides is 1. The minimum atomic E-state index is -3.73. The molecule has 0 aromatic heterocycles. The molecule has 132 valence electrons. The van der Waals surface area contributed by atoms with Crippen molar-refractivity contribution in [3.63, 3.8) is 0 Å². The van der Waals surface area contributed by atoms with Crippen LogP contribution in [0.4, 0.5) is 0 Å². The summed E-state index contributed by atoms with van der Waals surface area (Å²) in [4.78, 5) is 12.6. The zero-order valence-corrected chi connectivity index (χ0v) is 15.3. The molecule has 24 heavy (non-hydrogen) atoms. The average Bonchev–Trinajstić information content (AvgIpc) is 2.96. The third kappa shape index (κ3) is 2.86. The fourth-order valence-electron chi connectivity index (χ4n) is 4.20. The Bertz CT molecular complexity index is 743. The molecule has 1 heterocycles. The smallest absolute Gasteiger partial charge is 0.324 e. The van der Waals surface area contributed by atoms with Gasteiger partial charge in [0.25, 0.3) is 0 Å². The molecule has 0 radical (unpaired) electrons. The van der Waals surface area contributed by atoms with Crippen LogP contribution in [0.1, 0.15) is 43.2 Å². The lowest BCUT2D eigenvalue weighted by Crippen LogP contribution is -2.46. The molecule has 1 saturated carbocycles. The van der Waals surface area contributed by atoms with Crippen molar-refractivity contribution in [2.75, 3.05) is 7.11 Å².